The molecule has 0 atom stereocenters. The van der Waals surface area contributed by atoms with Crippen molar-refractivity contribution in [1.82, 2.24) is 4.98 Å². The van der Waals surface area contributed by atoms with Gasteiger partial charge in [-0.25, -0.2) is 9.78 Å². The van der Waals surface area contributed by atoms with Gasteiger partial charge in [-0.2, -0.15) is 0 Å². The molecule has 4 nitrogen and oxygen atoms in total. The summed E-state index contributed by atoms with van der Waals surface area (Å²) in [6, 6.07) is 3.24. The fraction of sp³-hybridized carbons (Fsp3) is 0.333. The molecule has 0 saturated heterocycles. The predicted molar refractivity (Wildman–Crippen MR) is 59.0 cm³/mol. The maximum Gasteiger partial charge on any atom is 0.357 e. The molecule has 2 N–H and O–H groups in total. The molecule has 0 saturated carbocycles. The van der Waals surface area contributed by atoms with E-state index in [0.29, 0.717) is 10.3 Å². The second kappa shape index (κ2) is 6.37. The number of esters is 1. The van der Waals surface area contributed by atoms with Gasteiger partial charge in [0, 0.05) is 0 Å². The Morgan fingerprint density at radius 3 is 2.57 bits per heavy atom. The molecule has 1 heterocycles. The van der Waals surface area contributed by atoms with Crippen LogP contribution in [0.15, 0.2) is 16.6 Å². The standard InChI is InChI=1S/C7H7BrN2O2.C2H6/c1-12-7(11)6-4(8)2-3-5(9)10-6;1-2/h2-3H,1H3,(H2,9,10);1-2H3. The maximum absolute atomic E-state index is 11.0. The van der Waals surface area contributed by atoms with Crippen molar-refractivity contribution in [2.24, 2.45) is 0 Å². The number of hydrogen-bond donors (Lipinski definition) is 1. The number of aromatic nitrogens is 1. The number of methoxy groups -OCH3 is 1. The Morgan fingerprint density at radius 1 is 1.50 bits per heavy atom. The van der Waals surface area contributed by atoms with Crippen molar-refractivity contribution < 1.29 is 9.53 Å². The predicted octanol–water partition coefficient (Wildman–Crippen LogP) is 2.24. The Morgan fingerprint density at radius 2 is 2.07 bits per heavy atom. The molecule has 0 bridgehead atoms. The molecule has 0 radical (unpaired) electrons. The van der Waals surface area contributed by atoms with Crippen molar-refractivity contribution in [3.63, 3.8) is 0 Å². The zero-order valence-electron chi connectivity index (χ0n) is 8.37. The molecule has 1 aromatic rings. The van der Waals surface area contributed by atoms with Gasteiger partial charge in [0.2, 0.25) is 0 Å². The summed E-state index contributed by atoms with van der Waals surface area (Å²) in [4.78, 5) is 14.8. The summed E-state index contributed by atoms with van der Waals surface area (Å²) in [5.41, 5.74) is 5.57. The summed E-state index contributed by atoms with van der Waals surface area (Å²) in [6.45, 7) is 4.00. The maximum atomic E-state index is 11.0. The molecule has 5 heteroatoms. The molecule has 0 aliphatic carbocycles. The number of halogens is 1. The minimum Gasteiger partial charge on any atom is -0.464 e. The third-order valence-corrected chi connectivity index (χ3v) is 1.89. The molecule has 0 aliphatic heterocycles. The highest BCUT2D eigenvalue weighted by Crippen LogP contribution is 2.16. The first-order chi connectivity index (χ1) is 6.65. The smallest absolute Gasteiger partial charge is 0.357 e. The molecular weight excluding hydrogens is 248 g/mol. The number of nitrogens with zero attached hydrogens (tertiary/aromatic N) is 1. The lowest BCUT2D eigenvalue weighted by Crippen LogP contribution is -2.06. The largest absolute Gasteiger partial charge is 0.464 e. The van der Waals surface area contributed by atoms with Crippen molar-refractivity contribution in [2.45, 2.75) is 13.8 Å². The SMILES string of the molecule is CC.COC(=O)c1nc(N)ccc1Br. The normalized spacial score (nSPS) is 8.57. The van der Waals surface area contributed by atoms with E-state index in [4.69, 9.17) is 5.73 Å². The van der Waals surface area contributed by atoms with Gasteiger partial charge in [-0.3, -0.25) is 0 Å². The van der Waals surface area contributed by atoms with Crippen LogP contribution in [0.4, 0.5) is 5.82 Å². The first-order valence-electron chi connectivity index (χ1n) is 4.15. The monoisotopic (exact) mass is 260 g/mol. The third-order valence-electron chi connectivity index (χ3n) is 1.25. The molecular formula is C9H13BrN2O2. The van der Waals surface area contributed by atoms with Crippen LogP contribution in [0.1, 0.15) is 24.3 Å². The second-order valence-electron chi connectivity index (χ2n) is 2.06. The van der Waals surface area contributed by atoms with Gasteiger partial charge in [-0.15, -0.1) is 0 Å². The van der Waals surface area contributed by atoms with Crippen molar-refractivity contribution in [2.75, 3.05) is 12.8 Å². The summed E-state index contributed by atoms with van der Waals surface area (Å²) in [7, 11) is 1.29. The van der Waals surface area contributed by atoms with E-state index in [0.717, 1.165) is 0 Å². The summed E-state index contributed by atoms with van der Waals surface area (Å²) >= 11 is 3.15. The van der Waals surface area contributed by atoms with Crippen LogP contribution in [0.25, 0.3) is 0 Å². The second-order valence-corrected chi connectivity index (χ2v) is 2.91. The molecule has 0 spiro atoms. The highest BCUT2D eigenvalue weighted by molar-refractivity contribution is 9.10. The van der Waals surface area contributed by atoms with Crippen molar-refractivity contribution in [1.29, 1.82) is 0 Å². The Balaban J connectivity index is 0.000000791. The van der Waals surface area contributed by atoms with Crippen LogP contribution >= 0.6 is 15.9 Å². The summed E-state index contributed by atoms with van der Waals surface area (Å²) in [5.74, 6) is -0.215. The van der Waals surface area contributed by atoms with Crippen LogP contribution in [-0.4, -0.2) is 18.1 Å². The van der Waals surface area contributed by atoms with Crippen LogP contribution in [0.3, 0.4) is 0 Å². The molecule has 0 unspecified atom stereocenters. The van der Waals surface area contributed by atoms with E-state index in [-0.39, 0.29) is 5.69 Å². The van der Waals surface area contributed by atoms with E-state index in [1.165, 1.54) is 7.11 Å². The van der Waals surface area contributed by atoms with Gasteiger partial charge in [-0.1, -0.05) is 13.8 Å². The zero-order chi connectivity index (χ0) is 11.1. The number of pyridine rings is 1. The quantitative estimate of drug-likeness (QED) is 0.787. The van der Waals surface area contributed by atoms with Gasteiger partial charge in [0.1, 0.15) is 5.82 Å². The van der Waals surface area contributed by atoms with Crippen LogP contribution in [0.2, 0.25) is 0 Å². The minimum absolute atomic E-state index is 0.192. The number of hydrogen-bond acceptors (Lipinski definition) is 4. The van der Waals surface area contributed by atoms with Gasteiger partial charge in [-0.05, 0) is 28.1 Å². The number of nitrogens with two attached hydrogens (primary N) is 1. The first-order valence-corrected chi connectivity index (χ1v) is 4.95. The van der Waals surface area contributed by atoms with Gasteiger partial charge >= 0.3 is 5.97 Å². The fourth-order valence-corrected chi connectivity index (χ4v) is 1.08. The molecule has 1 rings (SSSR count). The number of ether oxygens (including phenoxy) is 1. The van der Waals surface area contributed by atoms with E-state index >= 15 is 0 Å². The molecule has 0 fully saturated rings. The number of nitrogen functional groups attached to an aromatic ring is 1. The molecule has 0 amide bonds. The number of carbonyl (C=O) groups is 1. The van der Waals surface area contributed by atoms with Crippen LogP contribution in [0.5, 0.6) is 0 Å². The first kappa shape index (κ1) is 12.9. The molecule has 78 valence electrons. The van der Waals surface area contributed by atoms with E-state index in [1.54, 1.807) is 12.1 Å². The van der Waals surface area contributed by atoms with E-state index in [1.807, 2.05) is 13.8 Å². The topological polar surface area (TPSA) is 65.2 Å². The molecule has 1 aromatic heterocycles. The van der Waals surface area contributed by atoms with Crippen molar-refractivity contribution in [3.8, 4) is 0 Å². The van der Waals surface area contributed by atoms with E-state index < -0.39 is 5.97 Å². The lowest BCUT2D eigenvalue weighted by atomic mass is 10.3. The average molecular weight is 261 g/mol. The van der Waals surface area contributed by atoms with Crippen LogP contribution < -0.4 is 5.73 Å². The lowest BCUT2D eigenvalue weighted by Gasteiger charge is -2.01. The average Bonchev–Trinajstić information content (AvgIpc) is 2.23. The number of rotatable bonds is 1. The molecule has 0 aromatic carbocycles. The Labute approximate surface area is 91.6 Å². The Hall–Kier alpha value is -1.10. The summed E-state index contributed by atoms with van der Waals surface area (Å²) < 4.78 is 5.06. The minimum atomic E-state index is -0.505. The molecule has 0 aliphatic rings. The van der Waals surface area contributed by atoms with E-state index in [2.05, 4.69) is 25.7 Å². The van der Waals surface area contributed by atoms with Crippen molar-refractivity contribution in [3.05, 3.63) is 22.3 Å². The van der Waals surface area contributed by atoms with Gasteiger partial charge in [0.05, 0.1) is 11.6 Å². The summed E-state index contributed by atoms with van der Waals surface area (Å²) in [6.07, 6.45) is 0. The van der Waals surface area contributed by atoms with Crippen molar-refractivity contribution >= 4 is 27.7 Å². The van der Waals surface area contributed by atoms with E-state index in [9.17, 15) is 4.79 Å². The zero-order valence-corrected chi connectivity index (χ0v) is 9.96. The highest BCUT2D eigenvalue weighted by atomic mass is 79.9. The lowest BCUT2D eigenvalue weighted by molar-refractivity contribution is 0.0593. The summed E-state index contributed by atoms with van der Waals surface area (Å²) in [5, 5.41) is 0. The van der Waals surface area contributed by atoms with Gasteiger partial charge < -0.3 is 10.5 Å². The van der Waals surface area contributed by atoms with Crippen LogP contribution in [0, 0.1) is 0 Å². The van der Waals surface area contributed by atoms with Gasteiger partial charge in [0.15, 0.2) is 5.69 Å². The number of carbonyl (C=O) groups excluding carboxylic acids is 1. The molecule has 14 heavy (non-hydrogen) atoms. The third kappa shape index (κ3) is 3.33. The Kier molecular flexibility index (Phi) is 5.87. The van der Waals surface area contributed by atoms with Crippen LogP contribution in [-0.2, 0) is 4.74 Å². The Bertz CT molecular complexity index is 316. The van der Waals surface area contributed by atoms with Gasteiger partial charge in [0.25, 0.3) is 0 Å². The fourth-order valence-electron chi connectivity index (χ4n) is 0.697. The highest BCUT2D eigenvalue weighted by Gasteiger charge is 2.11. The number of anilines is 1.